The lowest BCUT2D eigenvalue weighted by Gasteiger charge is -2.28. The number of nitrogens with two attached hydrogens (primary N) is 1. The van der Waals surface area contributed by atoms with E-state index in [1.54, 1.807) is 0 Å². The van der Waals surface area contributed by atoms with Gasteiger partial charge in [-0.05, 0) is 37.0 Å². The van der Waals surface area contributed by atoms with E-state index in [1.807, 2.05) is 24.3 Å². The average Bonchev–Trinajstić information content (AvgIpc) is 2.51. The van der Waals surface area contributed by atoms with Gasteiger partial charge in [-0.1, -0.05) is 37.7 Å². The molecule has 3 nitrogen and oxygen atoms in total. The Morgan fingerprint density at radius 1 is 1.24 bits per heavy atom. The summed E-state index contributed by atoms with van der Waals surface area (Å²) in [6.45, 7) is 3.88. The molecule has 0 aliphatic heterocycles. The van der Waals surface area contributed by atoms with Crippen LogP contribution in [-0.2, 0) is 4.74 Å². The van der Waals surface area contributed by atoms with Crippen molar-refractivity contribution in [1.29, 1.82) is 0 Å². The number of rotatable bonds is 5. The van der Waals surface area contributed by atoms with Crippen molar-refractivity contribution in [3.05, 3.63) is 29.8 Å². The highest BCUT2D eigenvalue weighted by atomic mass is 16.5. The maximum atomic E-state index is 5.94. The third-order valence-electron chi connectivity index (χ3n) is 3.89. The van der Waals surface area contributed by atoms with Gasteiger partial charge in [0.2, 0.25) is 0 Å². The van der Waals surface area contributed by atoms with Crippen molar-refractivity contribution in [2.24, 2.45) is 11.7 Å². The first kappa shape index (κ1) is 15.9. The summed E-state index contributed by atoms with van der Waals surface area (Å²) in [6, 6.07) is 7.78. The van der Waals surface area contributed by atoms with Crippen LogP contribution in [0.3, 0.4) is 0 Å². The molecule has 2 N–H and O–H groups in total. The second kappa shape index (κ2) is 8.71. The summed E-state index contributed by atoms with van der Waals surface area (Å²) < 4.78 is 11.7. The topological polar surface area (TPSA) is 44.5 Å². The van der Waals surface area contributed by atoms with Crippen LogP contribution in [-0.4, -0.2) is 25.9 Å². The van der Waals surface area contributed by atoms with Crippen molar-refractivity contribution in [3.8, 4) is 17.6 Å². The molecule has 114 valence electrons. The first-order chi connectivity index (χ1) is 10.3. The van der Waals surface area contributed by atoms with Crippen LogP contribution in [0.1, 0.15) is 38.2 Å². The molecule has 0 heterocycles. The highest BCUT2D eigenvalue weighted by Gasteiger charge is 2.21. The molecule has 1 aromatic rings. The Balaban J connectivity index is 1.73. The average molecular weight is 287 g/mol. The van der Waals surface area contributed by atoms with Crippen LogP contribution in [0.5, 0.6) is 5.75 Å². The molecule has 3 heteroatoms. The van der Waals surface area contributed by atoms with Gasteiger partial charge in [-0.3, -0.25) is 0 Å². The van der Waals surface area contributed by atoms with Gasteiger partial charge < -0.3 is 15.2 Å². The maximum absolute atomic E-state index is 5.94. The predicted molar refractivity (Wildman–Crippen MR) is 85.2 cm³/mol. The lowest BCUT2D eigenvalue weighted by Crippen LogP contribution is -2.27. The van der Waals surface area contributed by atoms with E-state index in [1.165, 1.54) is 25.7 Å². The highest BCUT2D eigenvalue weighted by molar-refractivity contribution is 5.39. The molecule has 0 radical (unpaired) electrons. The first-order valence-electron chi connectivity index (χ1n) is 7.83. The quantitative estimate of drug-likeness (QED) is 0.669. The molecule has 0 aromatic heterocycles. The monoisotopic (exact) mass is 287 g/mol. The number of hydrogen-bond donors (Lipinski definition) is 1. The predicted octanol–water partition coefficient (Wildman–Crippen LogP) is 2.97. The van der Waals surface area contributed by atoms with Gasteiger partial charge in [0.25, 0.3) is 0 Å². The lowest BCUT2D eigenvalue weighted by molar-refractivity contribution is -0.0165. The van der Waals surface area contributed by atoms with Crippen LogP contribution >= 0.6 is 0 Å². The minimum atomic E-state index is 0.374. The Morgan fingerprint density at radius 3 is 2.90 bits per heavy atom. The van der Waals surface area contributed by atoms with E-state index >= 15 is 0 Å². The van der Waals surface area contributed by atoms with E-state index < -0.39 is 0 Å². The molecule has 0 spiro atoms. The lowest BCUT2D eigenvalue weighted by atomic mass is 9.88. The molecule has 0 amide bonds. The molecular weight excluding hydrogens is 262 g/mol. The molecule has 1 aromatic carbocycles. The Morgan fingerprint density at radius 2 is 2.10 bits per heavy atom. The summed E-state index contributed by atoms with van der Waals surface area (Å²) in [5, 5.41) is 0. The fourth-order valence-corrected chi connectivity index (χ4v) is 2.71. The van der Waals surface area contributed by atoms with Gasteiger partial charge in [-0.25, -0.2) is 0 Å². The molecule has 2 unspecified atom stereocenters. The zero-order valence-electron chi connectivity index (χ0n) is 12.8. The maximum Gasteiger partial charge on any atom is 0.120 e. The van der Waals surface area contributed by atoms with E-state index in [-0.39, 0.29) is 0 Å². The van der Waals surface area contributed by atoms with Crippen LogP contribution in [0.2, 0.25) is 0 Å². The molecule has 0 bridgehead atoms. The van der Waals surface area contributed by atoms with Crippen LogP contribution in [0.4, 0.5) is 0 Å². The zero-order valence-corrected chi connectivity index (χ0v) is 12.8. The van der Waals surface area contributed by atoms with Crippen molar-refractivity contribution >= 4 is 0 Å². The van der Waals surface area contributed by atoms with Gasteiger partial charge in [0.1, 0.15) is 12.4 Å². The summed E-state index contributed by atoms with van der Waals surface area (Å²) in [5.41, 5.74) is 6.30. The van der Waals surface area contributed by atoms with E-state index in [4.69, 9.17) is 15.2 Å². The fourth-order valence-electron chi connectivity index (χ4n) is 2.71. The molecule has 2 atom stereocenters. The minimum absolute atomic E-state index is 0.374. The van der Waals surface area contributed by atoms with Crippen molar-refractivity contribution in [3.63, 3.8) is 0 Å². The molecule has 1 aliphatic rings. The Kier molecular flexibility index (Phi) is 6.59. The minimum Gasteiger partial charge on any atom is -0.491 e. The van der Waals surface area contributed by atoms with Gasteiger partial charge in [0.05, 0.1) is 19.3 Å². The van der Waals surface area contributed by atoms with Crippen molar-refractivity contribution in [2.75, 3.05) is 19.8 Å². The van der Waals surface area contributed by atoms with Gasteiger partial charge in [-0.2, -0.15) is 0 Å². The van der Waals surface area contributed by atoms with Crippen LogP contribution in [0, 0.1) is 17.8 Å². The molecular formula is C18H25NO2. The fraction of sp³-hybridized carbons (Fsp3) is 0.556. The third-order valence-corrected chi connectivity index (χ3v) is 3.89. The molecule has 1 fully saturated rings. The summed E-state index contributed by atoms with van der Waals surface area (Å²) >= 11 is 0. The number of ether oxygens (including phenoxy) is 2. The highest BCUT2D eigenvalue weighted by Crippen LogP contribution is 2.26. The summed E-state index contributed by atoms with van der Waals surface area (Å²) in [4.78, 5) is 0. The molecule has 2 rings (SSSR count). The number of hydrogen-bond acceptors (Lipinski definition) is 3. The molecule has 1 saturated carbocycles. The molecule has 21 heavy (non-hydrogen) atoms. The third kappa shape index (κ3) is 5.41. The van der Waals surface area contributed by atoms with Gasteiger partial charge in [-0.15, -0.1) is 0 Å². The van der Waals surface area contributed by atoms with Crippen molar-refractivity contribution in [1.82, 2.24) is 0 Å². The zero-order chi connectivity index (χ0) is 14.9. The van der Waals surface area contributed by atoms with E-state index in [2.05, 4.69) is 18.8 Å². The Hall–Kier alpha value is -1.50. The van der Waals surface area contributed by atoms with Crippen molar-refractivity contribution < 1.29 is 9.47 Å². The van der Waals surface area contributed by atoms with Crippen LogP contribution in [0.25, 0.3) is 0 Å². The smallest absolute Gasteiger partial charge is 0.120 e. The van der Waals surface area contributed by atoms with E-state index in [0.29, 0.717) is 31.8 Å². The SMILES string of the molecule is CC1CCCCC1OCCOc1cccc(C#CCN)c1. The second-order valence-electron chi connectivity index (χ2n) is 5.55. The summed E-state index contributed by atoms with van der Waals surface area (Å²) in [5.74, 6) is 7.36. The number of benzene rings is 1. The normalized spacial score (nSPS) is 21.4. The second-order valence-corrected chi connectivity index (χ2v) is 5.55. The standard InChI is InChI=1S/C18H25NO2/c1-15-6-2-3-10-18(15)21-13-12-20-17-9-4-7-16(14-17)8-5-11-19/h4,7,9,14-15,18H,2-3,6,10-13,19H2,1H3. The van der Waals surface area contributed by atoms with Crippen molar-refractivity contribution in [2.45, 2.75) is 38.7 Å². The Bertz CT molecular complexity index is 489. The van der Waals surface area contributed by atoms with Crippen LogP contribution < -0.4 is 10.5 Å². The summed E-state index contributed by atoms with van der Waals surface area (Å²) in [7, 11) is 0. The summed E-state index contributed by atoms with van der Waals surface area (Å²) in [6.07, 6.45) is 5.51. The van der Waals surface area contributed by atoms with Gasteiger partial charge in [0.15, 0.2) is 0 Å². The van der Waals surface area contributed by atoms with Gasteiger partial charge >= 0.3 is 0 Å². The van der Waals surface area contributed by atoms with Gasteiger partial charge in [0, 0.05) is 5.56 Å². The van der Waals surface area contributed by atoms with E-state index in [9.17, 15) is 0 Å². The largest absolute Gasteiger partial charge is 0.491 e. The van der Waals surface area contributed by atoms with E-state index in [0.717, 1.165) is 11.3 Å². The van der Waals surface area contributed by atoms with Crippen LogP contribution in [0.15, 0.2) is 24.3 Å². The molecule has 1 aliphatic carbocycles. The molecule has 0 saturated heterocycles. The first-order valence-corrected chi connectivity index (χ1v) is 7.83. The Labute approximate surface area is 127 Å².